The standard InChI is InChI=1S/C5H7N.V/c1-2-3-4-5-6;/h1-5H,6H2;/b3-2-,5-4?;. The fourth-order valence-corrected chi connectivity index (χ4v) is 0.333. The summed E-state index contributed by atoms with van der Waals surface area (Å²) in [6.07, 6.45) is 7.01. The Morgan fingerprint density at radius 3 is 2.29 bits per heavy atom. The normalized spacial score (nSPS) is 10.7. The van der Waals surface area contributed by atoms with E-state index in [0.29, 0.717) is 0 Å². The van der Waals surface area contributed by atoms with Crippen LogP contribution in [0, 0.1) is 0 Å². The molecule has 0 aromatic heterocycles. The van der Waals surface area contributed by atoms with Crippen LogP contribution in [0.2, 0.25) is 0 Å². The van der Waals surface area contributed by atoms with Crippen molar-refractivity contribution in [2.45, 2.75) is 0 Å². The molecule has 1 nitrogen and oxygen atoms in total. The summed E-state index contributed by atoms with van der Waals surface area (Å²) in [6, 6.07) is 0. The van der Waals surface area contributed by atoms with Gasteiger partial charge in [0, 0.05) is 0 Å². The molecule has 0 bridgehead atoms. The molecule has 2 heteroatoms. The summed E-state index contributed by atoms with van der Waals surface area (Å²) >= 11 is 2.34. The first-order chi connectivity index (χ1) is 3.41. The number of hydrogen-bond acceptors (Lipinski definition) is 1. The first kappa shape index (κ1) is 6.73. The molecule has 0 aliphatic heterocycles. The van der Waals surface area contributed by atoms with E-state index in [-0.39, 0.29) is 0 Å². The molecule has 0 saturated heterocycles. The Labute approximate surface area is 52.4 Å². The SMILES string of the molecule is NC=C/C=C\[CH]=[V]. The van der Waals surface area contributed by atoms with E-state index in [4.69, 9.17) is 5.73 Å². The van der Waals surface area contributed by atoms with Crippen LogP contribution in [0.1, 0.15) is 0 Å². The Hall–Kier alpha value is -0.266. The van der Waals surface area contributed by atoms with Gasteiger partial charge in [0.1, 0.15) is 0 Å². The molecule has 0 saturated carbocycles. The van der Waals surface area contributed by atoms with E-state index in [2.05, 4.69) is 17.0 Å². The summed E-state index contributed by atoms with van der Waals surface area (Å²) in [5.41, 5.74) is 5.02. The number of allylic oxidation sites excluding steroid dienone is 3. The molecule has 0 aromatic carbocycles. The molecule has 0 rings (SSSR count). The summed E-state index contributed by atoms with van der Waals surface area (Å²) in [5.74, 6) is 0. The fraction of sp³-hybridized carbons (Fsp3) is 0. The predicted octanol–water partition coefficient (Wildman–Crippen LogP) is 0.364. The molecular formula is C5H7NV. The monoisotopic (exact) mass is 132 g/mol. The number of hydrogen-bond donors (Lipinski definition) is 1. The van der Waals surface area contributed by atoms with E-state index >= 15 is 0 Å². The van der Waals surface area contributed by atoms with Gasteiger partial charge in [-0.05, 0) is 0 Å². The fourth-order valence-electron chi connectivity index (χ4n) is 0.178. The second-order valence-electron chi connectivity index (χ2n) is 0.919. The zero-order valence-corrected chi connectivity index (χ0v) is 5.31. The van der Waals surface area contributed by atoms with Gasteiger partial charge in [-0.3, -0.25) is 0 Å². The zero-order chi connectivity index (χ0) is 5.54. The van der Waals surface area contributed by atoms with Gasteiger partial charge in [-0.2, -0.15) is 0 Å². The topological polar surface area (TPSA) is 26.0 Å². The van der Waals surface area contributed by atoms with Gasteiger partial charge in [-0.15, -0.1) is 0 Å². The summed E-state index contributed by atoms with van der Waals surface area (Å²) in [6.45, 7) is 0. The van der Waals surface area contributed by atoms with E-state index in [1.54, 1.807) is 6.08 Å². The molecule has 2 N–H and O–H groups in total. The summed E-state index contributed by atoms with van der Waals surface area (Å²) < 4.78 is 1.88. The molecule has 0 aliphatic rings. The maximum atomic E-state index is 5.02. The van der Waals surface area contributed by atoms with Crippen molar-refractivity contribution in [2.24, 2.45) is 5.73 Å². The molecule has 0 aromatic rings. The van der Waals surface area contributed by atoms with Crippen LogP contribution in [0.3, 0.4) is 0 Å². The second-order valence-corrected chi connectivity index (χ2v) is 1.38. The number of rotatable bonds is 2. The van der Waals surface area contributed by atoms with Gasteiger partial charge in [0.25, 0.3) is 0 Å². The Morgan fingerprint density at radius 2 is 1.86 bits per heavy atom. The molecule has 0 amide bonds. The molecule has 0 radical (unpaired) electrons. The van der Waals surface area contributed by atoms with E-state index in [1.807, 2.05) is 16.9 Å². The third-order valence-corrected chi connectivity index (χ3v) is 0.688. The van der Waals surface area contributed by atoms with Crippen molar-refractivity contribution in [1.29, 1.82) is 0 Å². The van der Waals surface area contributed by atoms with Crippen molar-refractivity contribution < 1.29 is 17.0 Å². The quantitative estimate of drug-likeness (QED) is 0.539. The van der Waals surface area contributed by atoms with Crippen LogP contribution in [-0.4, -0.2) is 4.73 Å². The summed E-state index contributed by atoms with van der Waals surface area (Å²) in [4.78, 5) is 0. The van der Waals surface area contributed by atoms with Crippen molar-refractivity contribution in [1.82, 2.24) is 0 Å². The van der Waals surface area contributed by atoms with Crippen LogP contribution in [0.5, 0.6) is 0 Å². The minimum absolute atomic E-state index is 1.49. The Balaban J connectivity index is 3.27. The van der Waals surface area contributed by atoms with E-state index < -0.39 is 0 Å². The van der Waals surface area contributed by atoms with Crippen molar-refractivity contribution in [3.8, 4) is 0 Å². The number of nitrogens with two attached hydrogens (primary N) is 1. The summed E-state index contributed by atoms with van der Waals surface area (Å²) in [5, 5.41) is 0. The molecule has 0 atom stereocenters. The van der Waals surface area contributed by atoms with Gasteiger partial charge in [-0.1, -0.05) is 0 Å². The third-order valence-electron chi connectivity index (χ3n) is 0.419. The van der Waals surface area contributed by atoms with E-state index in [0.717, 1.165) is 0 Å². The van der Waals surface area contributed by atoms with Gasteiger partial charge < -0.3 is 0 Å². The first-order valence-electron chi connectivity index (χ1n) is 1.92. The second kappa shape index (κ2) is 5.73. The predicted molar refractivity (Wildman–Crippen MR) is 28.5 cm³/mol. The van der Waals surface area contributed by atoms with Gasteiger partial charge in [-0.25, -0.2) is 0 Å². The van der Waals surface area contributed by atoms with Gasteiger partial charge in [0.15, 0.2) is 0 Å². The van der Waals surface area contributed by atoms with Crippen molar-refractivity contribution in [3.63, 3.8) is 0 Å². The van der Waals surface area contributed by atoms with Crippen molar-refractivity contribution in [2.75, 3.05) is 0 Å². The molecule has 0 unspecified atom stereocenters. The van der Waals surface area contributed by atoms with Crippen LogP contribution >= 0.6 is 0 Å². The van der Waals surface area contributed by atoms with Crippen LogP contribution in [0.15, 0.2) is 24.4 Å². The van der Waals surface area contributed by atoms with Gasteiger partial charge in [0.2, 0.25) is 0 Å². The minimum atomic E-state index is 1.49. The first-order valence-corrected chi connectivity index (χ1v) is 2.73. The Morgan fingerprint density at radius 1 is 1.14 bits per heavy atom. The average Bonchev–Trinajstić information content (AvgIpc) is 1.69. The van der Waals surface area contributed by atoms with Crippen LogP contribution < -0.4 is 5.73 Å². The van der Waals surface area contributed by atoms with E-state index in [9.17, 15) is 0 Å². The molecule has 0 heterocycles. The van der Waals surface area contributed by atoms with Crippen molar-refractivity contribution >= 4 is 4.73 Å². The van der Waals surface area contributed by atoms with Crippen LogP contribution in [0.4, 0.5) is 0 Å². The Bertz CT molecular complexity index is 94.3. The molecular weight excluding hydrogens is 125 g/mol. The van der Waals surface area contributed by atoms with Gasteiger partial charge in [0.05, 0.1) is 0 Å². The Kier molecular flexibility index (Phi) is 5.52. The molecule has 7 heavy (non-hydrogen) atoms. The summed E-state index contributed by atoms with van der Waals surface area (Å²) in [7, 11) is 0. The van der Waals surface area contributed by atoms with Crippen molar-refractivity contribution in [3.05, 3.63) is 24.4 Å². The molecule has 37 valence electrons. The van der Waals surface area contributed by atoms with Crippen LogP contribution in [-0.2, 0) is 17.0 Å². The van der Waals surface area contributed by atoms with Gasteiger partial charge >= 0.3 is 51.9 Å². The molecule has 0 spiro atoms. The maximum absolute atomic E-state index is 5.02. The van der Waals surface area contributed by atoms with Crippen LogP contribution in [0.25, 0.3) is 0 Å². The van der Waals surface area contributed by atoms with E-state index in [1.165, 1.54) is 6.20 Å². The zero-order valence-electron chi connectivity index (χ0n) is 3.91. The molecule has 0 aliphatic carbocycles. The molecule has 0 fully saturated rings. The third kappa shape index (κ3) is 5.73. The average molecular weight is 132 g/mol.